The molecule has 0 bridgehead atoms. The van der Waals surface area contributed by atoms with E-state index in [0.717, 1.165) is 18.7 Å². The van der Waals surface area contributed by atoms with Crippen molar-refractivity contribution in [3.8, 4) is 17.0 Å². The number of aryl methyl sites for hydroxylation is 2. The maximum Gasteiger partial charge on any atom is 0.387 e. The Balaban J connectivity index is 1.31. The molecule has 0 saturated heterocycles. The zero-order chi connectivity index (χ0) is 24.7. The Hall–Kier alpha value is -3.76. The fourth-order valence-corrected chi connectivity index (χ4v) is 4.49. The van der Waals surface area contributed by atoms with E-state index >= 15 is 0 Å². The van der Waals surface area contributed by atoms with Gasteiger partial charge in [0.05, 0.1) is 17.5 Å². The molecular formula is C24H26F2N6O3. The first-order valence-electron chi connectivity index (χ1n) is 11.5. The molecule has 184 valence electrons. The minimum Gasteiger partial charge on any atom is -0.434 e. The van der Waals surface area contributed by atoms with E-state index in [9.17, 15) is 18.4 Å². The van der Waals surface area contributed by atoms with E-state index in [-0.39, 0.29) is 40.9 Å². The van der Waals surface area contributed by atoms with E-state index in [1.54, 1.807) is 37.2 Å². The molecule has 3 heterocycles. The summed E-state index contributed by atoms with van der Waals surface area (Å²) in [4.78, 5) is 32.3. The third-order valence-corrected chi connectivity index (χ3v) is 6.52. The smallest absolute Gasteiger partial charge is 0.387 e. The van der Waals surface area contributed by atoms with Crippen molar-refractivity contribution in [2.45, 2.75) is 50.9 Å². The summed E-state index contributed by atoms with van der Waals surface area (Å²) in [5.74, 6) is 0.225. The molecule has 3 aromatic rings. The Morgan fingerprint density at radius 3 is 2.74 bits per heavy atom. The van der Waals surface area contributed by atoms with Gasteiger partial charge in [0.1, 0.15) is 17.3 Å². The first-order chi connectivity index (χ1) is 16.8. The van der Waals surface area contributed by atoms with Gasteiger partial charge in [-0.05, 0) is 31.4 Å². The number of alkyl halides is 2. The van der Waals surface area contributed by atoms with Gasteiger partial charge in [-0.3, -0.25) is 14.3 Å². The number of rotatable bonds is 7. The van der Waals surface area contributed by atoms with Crippen LogP contribution in [0, 0.1) is 0 Å². The third-order valence-electron chi connectivity index (χ3n) is 6.52. The van der Waals surface area contributed by atoms with Crippen molar-refractivity contribution in [1.29, 1.82) is 0 Å². The molecule has 2 aliphatic rings. The standard InChI is InChI=1S/C24H26F2N6O3/c1-30(15-7-8-15)23(34)17-12-27-31(2)21(17)22(33)28-14-9-10-32-13-18(29-20(32)11-14)16-5-3-4-6-19(16)35-24(25)26/h3-6,12-15,24H,7-11H2,1-2H3,(H,28,33)/t14-/m1/s1. The second kappa shape index (κ2) is 9.12. The second-order valence-corrected chi connectivity index (χ2v) is 8.95. The first-order valence-corrected chi connectivity index (χ1v) is 11.5. The Labute approximate surface area is 200 Å². The summed E-state index contributed by atoms with van der Waals surface area (Å²) in [5, 5.41) is 7.16. The molecule has 1 aliphatic heterocycles. The van der Waals surface area contributed by atoms with Gasteiger partial charge in [-0.2, -0.15) is 13.9 Å². The summed E-state index contributed by atoms with van der Waals surface area (Å²) >= 11 is 0. The highest BCUT2D eigenvalue weighted by atomic mass is 19.3. The van der Waals surface area contributed by atoms with Crippen molar-refractivity contribution < 1.29 is 23.1 Å². The Kier molecular flexibility index (Phi) is 6.00. The number of hydrogen-bond donors (Lipinski definition) is 1. The van der Waals surface area contributed by atoms with Crippen molar-refractivity contribution >= 4 is 11.8 Å². The second-order valence-electron chi connectivity index (χ2n) is 8.95. The number of carbonyl (C=O) groups is 2. The quantitative estimate of drug-likeness (QED) is 0.557. The number of nitrogens with one attached hydrogen (secondary N) is 1. The van der Waals surface area contributed by atoms with Crippen molar-refractivity contribution in [3.63, 3.8) is 0 Å². The van der Waals surface area contributed by atoms with Crippen LogP contribution in [-0.4, -0.2) is 61.8 Å². The van der Waals surface area contributed by atoms with Crippen molar-refractivity contribution in [3.05, 3.63) is 53.7 Å². The lowest BCUT2D eigenvalue weighted by Crippen LogP contribution is -2.41. The lowest BCUT2D eigenvalue weighted by molar-refractivity contribution is -0.0494. The summed E-state index contributed by atoms with van der Waals surface area (Å²) in [5.41, 5.74) is 1.53. The van der Waals surface area contributed by atoms with Crippen LogP contribution >= 0.6 is 0 Å². The molecule has 1 fully saturated rings. The number of nitrogens with zero attached hydrogens (tertiary/aromatic N) is 5. The molecule has 1 atom stereocenters. The van der Waals surface area contributed by atoms with E-state index in [4.69, 9.17) is 0 Å². The fraction of sp³-hybridized carbons (Fsp3) is 0.417. The van der Waals surface area contributed by atoms with Crippen LogP contribution in [0.1, 0.15) is 45.9 Å². The molecule has 5 rings (SSSR count). The van der Waals surface area contributed by atoms with Gasteiger partial charge in [0.25, 0.3) is 11.8 Å². The number of para-hydroxylation sites is 1. The zero-order valence-electron chi connectivity index (χ0n) is 19.4. The molecule has 11 heteroatoms. The van der Waals surface area contributed by atoms with E-state index in [1.165, 1.54) is 16.9 Å². The minimum atomic E-state index is -2.93. The van der Waals surface area contributed by atoms with Gasteiger partial charge in [0, 0.05) is 50.9 Å². The molecule has 1 aromatic carbocycles. The maximum absolute atomic E-state index is 13.2. The van der Waals surface area contributed by atoms with Gasteiger partial charge in [-0.1, -0.05) is 12.1 Å². The van der Waals surface area contributed by atoms with E-state index in [2.05, 4.69) is 20.1 Å². The largest absolute Gasteiger partial charge is 0.434 e. The van der Waals surface area contributed by atoms with Gasteiger partial charge in [-0.15, -0.1) is 0 Å². The number of carbonyl (C=O) groups excluding carboxylic acids is 2. The summed E-state index contributed by atoms with van der Waals surface area (Å²) in [6.07, 6.45) is 6.32. The lowest BCUT2D eigenvalue weighted by atomic mass is 10.1. The van der Waals surface area contributed by atoms with Crippen molar-refractivity contribution in [2.24, 2.45) is 7.05 Å². The van der Waals surface area contributed by atoms with Gasteiger partial charge >= 0.3 is 6.61 Å². The van der Waals surface area contributed by atoms with E-state index in [1.807, 2.05) is 10.8 Å². The Bertz CT molecular complexity index is 1270. The molecule has 0 radical (unpaired) electrons. The highest BCUT2D eigenvalue weighted by Gasteiger charge is 2.34. The monoisotopic (exact) mass is 484 g/mol. The lowest BCUT2D eigenvalue weighted by Gasteiger charge is -2.24. The predicted octanol–water partition coefficient (Wildman–Crippen LogP) is 2.86. The number of ether oxygens (including phenoxy) is 1. The van der Waals surface area contributed by atoms with Crippen LogP contribution in [0.15, 0.2) is 36.7 Å². The molecule has 2 amide bonds. The van der Waals surface area contributed by atoms with Crippen LogP contribution in [0.3, 0.4) is 0 Å². The van der Waals surface area contributed by atoms with Crippen LogP contribution in [0.2, 0.25) is 0 Å². The third kappa shape index (κ3) is 4.62. The first kappa shape index (κ1) is 23.0. The highest BCUT2D eigenvalue weighted by Crippen LogP contribution is 2.32. The van der Waals surface area contributed by atoms with Crippen LogP contribution in [-0.2, 0) is 20.0 Å². The molecule has 0 unspecified atom stereocenters. The van der Waals surface area contributed by atoms with Crippen LogP contribution in [0.25, 0.3) is 11.3 Å². The average Bonchev–Trinajstić information content (AvgIpc) is 3.48. The van der Waals surface area contributed by atoms with Crippen molar-refractivity contribution in [2.75, 3.05) is 7.05 Å². The van der Waals surface area contributed by atoms with E-state index < -0.39 is 6.61 Å². The summed E-state index contributed by atoms with van der Waals surface area (Å²) in [7, 11) is 3.39. The summed E-state index contributed by atoms with van der Waals surface area (Å²) in [6.45, 7) is -2.33. The normalized spacial score (nSPS) is 17.2. The number of amides is 2. The summed E-state index contributed by atoms with van der Waals surface area (Å²) < 4.78 is 33.6. The SMILES string of the molecule is CN(C(=O)c1cnn(C)c1C(=O)N[C@@H]1CCn2cc(-c3ccccc3OC(F)F)nc2C1)C1CC1. The van der Waals surface area contributed by atoms with Gasteiger partial charge < -0.3 is 19.5 Å². The topological polar surface area (TPSA) is 94.3 Å². The Morgan fingerprint density at radius 1 is 1.23 bits per heavy atom. The molecule has 1 saturated carbocycles. The van der Waals surface area contributed by atoms with E-state index in [0.29, 0.717) is 30.6 Å². The molecule has 1 aliphatic carbocycles. The van der Waals surface area contributed by atoms with Crippen LogP contribution < -0.4 is 10.1 Å². The number of fused-ring (bicyclic) bond motifs is 1. The van der Waals surface area contributed by atoms with Crippen molar-refractivity contribution in [1.82, 2.24) is 29.5 Å². The number of halogens is 2. The number of imidazole rings is 1. The molecule has 9 nitrogen and oxygen atoms in total. The minimum absolute atomic E-state index is 0.0624. The summed E-state index contributed by atoms with van der Waals surface area (Å²) in [6, 6.07) is 6.56. The highest BCUT2D eigenvalue weighted by molar-refractivity contribution is 6.06. The molecule has 2 aromatic heterocycles. The maximum atomic E-state index is 13.2. The van der Waals surface area contributed by atoms with Gasteiger partial charge in [-0.25, -0.2) is 4.98 Å². The zero-order valence-corrected chi connectivity index (χ0v) is 19.4. The number of aromatic nitrogens is 4. The van der Waals surface area contributed by atoms with Gasteiger partial charge in [0.15, 0.2) is 0 Å². The average molecular weight is 485 g/mol. The van der Waals surface area contributed by atoms with Gasteiger partial charge in [0.2, 0.25) is 0 Å². The Morgan fingerprint density at radius 2 is 2.00 bits per heavy atom. The van der Waals surface area contributed by atoms with Crippen LogP contribution in [0.5, 0.6) is 5.75 Å². The molecule has 0 spiro atoms. The molecule has 1 N–H and O–H groups in total. The predicted molar refractivity (Wildman–Crippen MR) is 122 cm³/mol. The fourth-order valence-electron chi connectivity index (χ4n) is 4.49. The molecule has 35 heavy (non-hydrogen) atoms. The number of benzene rings is 1. The number of hydrogen-bond acceptors (Lipinski definition) is 5. The molecular weight excluding hydrogens is 458 g/mol. The van der Waals surface area contributed by atoms with Crippen LogP contribution in [0.4, 0.5) is 8.78 Å².